The summed E-state index contributed by atoms with van der Waals surface area (Å²) in [5.74, 6) is 0.283. The number of nitrogens with zero attached hydrogens (tertiary/aromatic N) is 5. The minimum atomic E-state index is -0.526. The lowest BCUT2D eigenvalue weighted by atomic mass is 10.1. The number of para-hydroxylation sites is 1. The predicted octanol–water partition coefficient (Wildman–Crippen LogP) is 2.33. The highest BCUT2D eigenvalue weighted by Gasteiger charge is 2.29. The molecule has 0 bridgehead atoms. The molecule has 1 aliphatic rings. The summed E-state index contributed by atoms with van der Waals surface area (Å²) < 4.78 is 30.6. The standard InChI is InChI=1S/C24H26FN5O5/c1-15(31)28-9-11-29(12-10-28)24-21(26-30(27-24)18-8-6-5-7-17(18)25)22(32)16-13-19(33-2)23(35-4)20(14-16)34-3/h5-8,13-14H,9-12H2,1-4H3. The van der Waals surface area contributed by atoms with Gasteiger partial charge in [-0.15, -0.1) is 15.0 Å². The van der Waals surface area contributed by atoms with Crippen LogP contribution in [0.25, 0.3) is 5.69 Å². The molecule has 1 amide bonds. The summed E-state index contributed by atoms with van der Waals surface area (Å²) in [7, 11) is 4.39. The number of benzene rings is 2. The summed E-state index contributed by atoms with van der Waals surface area (Å²) >= 11 is 0. The van der Waals surface area contributed by atoms with E-state index >= 15 is 0 Å². The van der Waals surface area contributed by atoms with Gasteiger partial charge in [0.05, 0.1) is 21.3 Å². The average Bonchev–Trinajstić information content (AvgIpc) is 3.32. The Labute approximate surface area is 201 Å². The number of methoxy groups -OCH3 is 3. The summed E-state index contributed by atoms with van der Waals surface area (Å²) in [5.41, 5.74) is 0.391. The van der Waals surface area contributed by atoms with Crippen LogP contribution in [0.1, 0.15) is 23.0 Å². The quantitative estimate of drug-likeness (QED) is 0.473. The minimum absolute atomic E-state index is 0.0200. The molecule has 0 spiro atoms. The Morgan fingerprint density at radius 2 is 1.54 bits per heavy atom. The van der Waals surface area contributed by atoms with E-state index in [1.54, 1.807) is 17.0 Å². The second kappa shape index (κ2) is 10.00. The van der Waals surface area contributed by atoms with Gasteiger partial charge in [0.15, 0.2) is 28.8 Å². The third-order valence-corrected chi connectivity index (χ3v) is 5.83. The van der Waals surface area contributed by atoms with Gasteiger partial charge in [-0.25, -0.2) is 4.39 Å². The lowest BCUT2D eigenvalue weighted by Crippen LogP contribution is -2.48. The van der Waals surface area contributed by atoms with Crippen LogP contribution in [0.5, 0.6) is 17.2 Å². The van der Waals surface area contributed by atoms with E-state index < -0.39 is 11.6 Å². The highest BCUT2D eigenvalue weighted by Crippen LogP contribution is 2.39. The number of piperazine rings is 1. The molecule has 0 atom stereocenters. The van der Waals surface area contributed by atoms with E-state index in [1.165, 1.54) is 52.5 Å². The molecule has 2 aromatic carbocycles. The van der Waals surface area contributed by atoms with Gasteiger partial charge in [-0.3, -0.25) is 9.59 Å². The summed E-state index contributed by atoms with van der Waals surface area (Å²) in [6.07, 6.45) is 0. The summed E-state index contributed by atoms with van der Waals surface area (Å²) in [6.45, 7) is 3.36. The maximum atomic E-state index is 14.5. The number of hydrogen-bond acceptors (Lipinski definition) is 8. The topological polar surface area (TPSA) is 99.0 Å². The van der Waals surface area contributed by atoms with Crippen molar-refractivity contribution >= 4 is 17.5 Å². The zero-order valence-electron chi connectivity index (χ0n) is 19.9. The maximum Gasteiger partial charge on any atom is 0.219 e. The highest BCUT2D eigenvalue weighted by atomic mass is 19.1. The molecule has 1 saturated heterocycles. The van der Waals surface area contributed by atoms with Gasteiger partial charge in [0.1, 0.15) is 5.69 Å². The predicted molar refractivity (Wildman–Crippen MR) is 125 cm³/mol. The Morgan fingerprint density at radius 1 is 0.914 bits per heavy atom. The van der Waals surface area contributed by atoms with Crippen LogP contribution >= 0.6 is 0 Å². The number of rotatable bonds is 7. The molecular formula is C24H26FN5O5. The van der Waals surface area contributed by atoms with Gasteiger partial charge in [0.2, 0.25) is 17.4 Å². The Morgan fingerprint density at radius 3 is 2.09 bits per heavy atom. The summed E-state index contributed by atoms with van der Waals surface area (Å²) in [6, 6.07) is 9.11. The first kappa shape index (κ1) is 24.0. The van der Waals surface area contributed by atoms with E-state index in [0.29, 0.717) is 49.2 Å². The van der Waals surface area contributed by atoms with Crippen molar-refractivity contribution in [3.63, 3.8) is 0 Å². The van der Waals surface area contributed by atoms with Crippen molar-refractivity contribution in [3.8, 4) is 22.9 Å². The third-order valence-electron chi connectivity index (χ3n) is 5.83. The highest BCUT2D eigenvalue weighted by molar-refractivity contribution is 6.11. The van der Waals surface area contributed by atoms with Gasteiger partial charge in [0, 0.05) is 38.7 Å². The third kappa shape index (κ3) is 4.61. The van der Waals surface area contributed by atoms with Crippen LogP contribution in [-0.2, 0) is 4.79 Å². The lowest BCUT2D eigenvalue weighted by molar-refractivity contribution is -0.129. The molecule has 0 aliphatic carbocycles. The first-order valence-corrected chi connectivity index (χ1v) is 10.9. The van der Waals surface area contributed by atoms with Gasteiger partial charge in [-0.05, 0) is 24.3 Å². The molecule has 10 nitrogen and oxygen atoms in total. The van der Waals surface area contributed by atoms with Crippen molar-refractivity contribution in [3.05, 3.63) is 53.5 Å². The number of halogens is 1. The molecule has 11 heteroatoms. The fourth-order valence-corrected chi connectivity index (χ4v) is 3.96. The molecule has 3 aromatic rings. The number of ether oxygens (including phenoxy) is 3. The van der Waals surface area contributed by atoms with Crippen molar-refractivity contribution in [1.82, 2.24) is 19.9 Å². The molecule has 0 radical (unpaired) electrons. The molecule has 2 heterocycles. The Bertz CT molecular complexity index is 1230. The number of carbonyl (C=O) groups is 2. The summed E-state index contributed by atoms with van der Waals surface area (Å²) in [4.78, 5) is 30.2. The van der Waals surface area contributed by atoms with E-state index in [0.717, 1.165) is 4.80 Å². The SMILES string of the molecule is COc1cc(C(=O)c2nn(-c3ccccc3F)nc2N2CCN(C(C)=O)CC2)cc(OC)c1OC. The number of ketones is 1. The molecule has 0 saturated carbocycles. The van der Waals surface area contributed by atoms with E-state index in [4.69, 9.17) is 14.2 Å². The van der Waals surface area contributed by atoms with Crippen molar-refractivity contribution < 1.29 is 28.2 Å². The molecule has 1 aliphatic heterocycles. The smallest absolute Gasteiger partial charge is 0.219 e. The van der Waals surface area contributed by atoms with Crippen LogP contribution in [0.2, 0.25) is 0 Å². The van der Waals surface area contributed by atoms with Crippen LogP contribution in [0.3, 0.4) is 0 Å². The molecule has 35 heavy (non-hydrogen) atoms. The van der Waals surface area contributed by atoms with Crippen LogP contribution in [0.4, 0.5) is 10.2 Å². The Kier molecular flexibility index (Phi) is 6.85. The molecule has 4 rings (SSSR count). The van der Waals surface area contributed by atoms with Crippen LogP contribution in [0.15, 0.2) is 36.4 Å². The van der Waals surface area contributed by atoms with Crippen molar-refractivity contribution in [1.29, 1.82) is 0 Å². The Hall–Kier alpha value is -4.15. The molecule has 1 fully saturated rings. The monoisotopic (exact) mass is 483 g/mol. The molecule has 0 N–H and O–H groups in total. The fraction of sp³-hybridized carbons (Fsp3) is 0.333. The fourth-order valence-electron chi connectivity index (χ4n) is 3.96. The number of hydrogen-bond donors (Lipinski definition) is 0. The van der Waals surface area contributed by atoms with E-state index in [9.17, 15) is 14.0 Å². The van der Waals surface area contributed by atoms with Gasteiger partial charge in [-0.1, -0.05) is 12.1 Å². The molecular weight excluding hydrogens is 457 g/mol. The van der Waals surface area contributed by atoms with Gasteiger partial charge in [-0.2, -0.15) is 0 Å². The normalized spacial score (nSPS) is 13.5. The van der Waals surface area contributed by atoms with Crippen molar-refractivity contribution in [2.45, 2.75) is 6.92 Å². The minimum Gasteiger partial charge on any atom is -0.493 e. The van der Waals surface area contributed by atoms with E-state index in [1.807, 2.05) is 4.90 Å². The second-order valence-corrected chi connectivity index (χ2v) is 7.85. The molecule has 184 valence electrons. The number of carbonyl (C=O) groups excluding carboxylic acids is 2. The molecule has 1 aromatic heterocycles. The largest absolute Gasteiger partial charge is 0.493 e. The number of aromatic nitrogens is 3. The number of amides is 1. The maximum absolute atomic E-state index is 14.5. The van der Waals surface area contributed by atoms with Crippen molar-refractivity contribution in [2.75, 3.05) is 52.4 Å². The average molecular weight is 484 g/mol. The first-order valence-electron chi connectivity index (χ1n) is 10.9. The lowest BCUT2D eigenvalue weighted by Gasteiger charge is -2.34. The van der Waals surface area contributed by atoms with Gasteiger partial charge < -0.3 is 24.0 Å². The van der Waals surface area contributed by atoms with Gasteiger partial charge in [0.25, 0.3) is 0 Å². The zero-order chi connectivity index (χ0) is 25.1. The van der Waals surface area contributed by atoms with Crippen LogP contribution in [-0.4, -0.2) is 79.1 Å². The van der Waals surface area contributed by atoms with Crippen LogP contribution in [0, 0.1) is 5.82 Å². The first-order chi connectivity index (χ1) is 16.9. The Balaban J connectivity index is 1.79. The van der Waals surface area contributed by atoms with Crippen molar-refractivity contribution in [2.24, 2.45) is 0 Å². The van der Waals surface area contributed by atoms with Gasteiger partial charge >= 0.3 is 0 Å². The number of anilines is 1. The van der Waals surface area contributed by atoms with Crippen LogP contribution < -0.4 is 19.1 Å². The van der Waals surface area contributed by atoms with E-state index in [-0.39, 0.29) is 22.9 Å². The van der Waals surface area contributed by atoms with E-state index in [2.05, 4.69) is 10.2 Å². The summed E-state index contributed by atoms with van der Waals surface area (Å²) in [5, 5.41) is 8.86. The molecule has 0 unspecified atom stereocenters. The zero-order valence-corrected chi connectivity index (χ0v) is 19.9. The second-order valence-electron chi connectivity index (χ2n) is 7.85.